The quantitative estimate of drug-likeness (QED) is 0.468. The first-order valence-electron chi connectivity index (χ1n) is 10.4. The lowest BCUT2D eigenvalue weighted by atomic mass is 10.1. The molecule has 0 unspecified atom stereocenters. The van der Waals surface area contributed by atoms with Gasteiger partial charge in [0.25, 0.3) is 11.5 Å². The number of nitrogens with zero attached hydrogens (tertiary/aromatic N) is 4. The van der Waals surface area contributed by atoms with Gasteiger partial charge in [0.15, 0.2) is 5.69 Å². The minimum Gasteiger partial charge on any atom is -0.321 e. The molecule has 7 heteroatoms. The van der Waals surface area contributed by atoms with Gasteiger partial charge >= 0.3 is 0 Å². The number of aryl methyl sites for hydroxylation is 2. The number of amides is 1. The van der Waals surface area contributed by atoms with E-state index in [1.807, 2.05) is 67.0 Å². The zero-order valence-corrected chi connectivity index (χ0v) is 17.7. The number of nitrogens with one attached hydrogen (secondary N) is 1. The Bertz CT molecular complexity index is 1550. The molecular weight excluding hydrogens is 402 g/mol. The fourth-order valence-corrected chi connectivity index (χ4v) is 3.86. The van der Waals surface area contributed by atoms with E-state index in [1.165, 1.54) is 4.68 Å². The SMILES string of the molecule is CCn1nc(C(=O)Nc2cccc(-c3cn4cccc(C)c4n3)c2)c2ccccc2c1=O. The summed E-state index contributed by atoms with van der Waals surface area (Å²) in [5.41, 5.74) is 4.34. The summed E-state index contributed by atoms with van der Waals surface area (Å²) in [4.78, 5) is 30.4. The Balaban J connectivity index is 1.51. The molecule has 1 N–H and O–H groups in total. The van der Waals surface area contributed by atoms with E-state index in [-0.39, 0.29) is 17.2 Å². The molecule has 0 aliphatic carbocycles. The molecule has 0 radical (unpaired) electrons. The van der Waals surface area contributed by atoms with Crippen LogP contribution in [0.5, 0.6) is 0 Å². The number of rotatable bonds is 4. The van der Waals surface area contributed by atoms with Crippen LogP contribution in [0.1, 0.15) is 23.0 Å². The average molecular weight is 423 g/mol. The van der Waals surface area contributed by atoms with Crippen molar-refractivity contribution in [1.82, 2.24) is 19.2 Å². The van der Waals surface area contributed by atoms with Crippen molar-refractivity contribution in [2.75, 3.05) is 5.32 Å². The molecule has 0 spiro atoms. The van der Waals surface area contributed by atoms with Crippen LogP contribution >= 0.6 is 0 Å². The van der Waals surface area contributed by atoms with Gasteiger partial charge in [0, 0.05) is 35.6 Å². The summed E-state index contributed by atoms with van der Waals surface area (Å²) in [6.07, 6.45) is 3.93. The molecule has 0 bridgehead atoms. The number of pyridine rings is 1. The van der Waals surface area contributed by atoms with Crippen LogP contribution in [0.2, 0.25) is 0 Å². The van der Waals surface area contributed by atoms with Gasteiger partial charge < -0.3 is 9.72 Å². The second-order valence-electron chi connectivity index (χ2n) is 7.60. The van der Waals surface area contributed by atoms with Crippen molar-refractivity contribution in [1.29, 1.82) is 0 Å². The van der Waals surface area contributed by atoms with Crippen LogP contribution < -0.4 is 10.9 Å². The standard InChI is InChI=1S/C25H21N5O2/c1-3-30-25(32)20-12-5-4-11-19(20)22(28-30)24(31)26-18-10-6-9-17(14-18)21-15-29-13-7-8-16(2)23(29)27-21/h4-15H,3H2,1-2H3,(H,26,31). The molecule has 3 heterocycles. The van der Waals surface area contributed by atoms with Gasteiger partial charge in [-0.1, -0.05) is 36.4 Å². The van der Waals surface area contributed by atoms with Crippen molar-refractivity contribution in [3.63, 3.8) is 0 Å². The van der Waals surface area contributed by atoms with Crippen molar-refractivity contribution in [3.8, 4) is 11.3 Å². The minimum atomic E-state index is -0.369. The van der Waals surface area contributed by atoms with Crippen molar-refractivity contribution in [3.05, 3.63) is 94.7 Å². The van der Waals surface area contributed by atoms with Crippen molar-refractivity contribution in [2.24, 2.45) is 0 Å². The Kier molecular flexibility index (Phi) is 4.78. The number of carbonyl (C=O) groups is 1. The highest BCUT2D eigenvalue weighted by atomic mass is 16.2. The number of hydrogen-bond acceptors (Lipinski definition) is 4. The summed E-state index contributed by atoms with van der Waals surface area (Å²) in [6.45, 7) is 4.23. The van der Waals surface area contributed by atoms with E-state index < -0.39 is 0 Å². The van der Waals surface area contributed by atoms with Gasteiger partial charge in [-0.2, -0.15) is 5.10 Å². The summed E-state index contributed by atoms with van der Waals surface area (Å²) in [6, 6.07) is 18.6. The molecule has 32 heavy (non-hydrogen) atoms. The van der Waals surface area contributed by atoms with Gasteiger partial charge in [0.1, 0.15) is 5.65 Å². The number of aromatic nitrogens is 4. The van der Waals surface area contributed by atoms with E-state index in [2.05, 4.69) is 10.4 Å². The third-order valence-corrected chi connectivity index (χ3v) is 5.48. The van der Waals surface area contributed by atoms with Crippen molar-refractivity contribution >= 4 is 28.0 Å². The largest absolute Gasteiger partial charge is 0.321 e. The zero-order chi connectivity index (χ0) is 22.2. The predicted molar refractivity (Wildman–Crippen MR) is 125 cm³/mol. The smallest absolute Gasteiger partial charge is 0.276 e. The van der Waals surface area contributed by atoms with E-state index in [0.29, 0.717) is 23.0 Å². The maximum Gasteiger partial charge on any atom is 0.276 e. The van der Waals surface area contributed by atoms with Crippen LogP contribution in [0, 0.1) is 6.92 Å². The van der Waals surface area contributed by atoms with Gasteiger partial charge in [0.05, 0.1) is 11.1 Å². The Morgan fingerprint density at radius 3 is 2.62 bits per heavy atom. The van der Waals surface area contributed by atoms with Gasteiger partial charge in [-0.25, -0.2) is 9.67 Å². The lowest BCUT2D eigenvalue weighted by Crippen LogP contribution is -2.27. The maximum absolute atomic E-state index is 13.1. The summed E-state index contributed by atoms with van der Waals surface area (Å²) in [7, 11) is 0. The molecule has 7 nitrogen and oxygen atoms in total. The fourth-order valence-electron chi connectivity index (χ4n) is 3.86. The van der Waals surface area contributed by atoms with Crippen LogP contribution in [0.3, 0.4) is 0 Å². The van der Waals surface area contributed by atoms with Gasteiger partial charge in [0.2, 0.25) is 0 Å². The van der Waals surface area contributed by atoms with E-state index in [1.54, 1.807) is 24.3 Å². The Labute approximate surface area is 184 Å². The lowest BCUT2D eigenvalue weighted by Gasteiger charge is -2.10. The molecule has 0 aliphatic heterocycles. The van der Waals surface area contributed by atoms with Crippen molar-refractivity contribution in [2.45, 2.75) is 20.4 Å². The topological polar surface area (TPSA) is 81.3 Å². The first-order valence-corrected chi connectivity index (χ1v) is 10.4. The second kappa shape index (κ2) is 7.77. The molecule has 3 aromatic heterocycles. The summed E-state index contributed by atoms with van der Waals surface area (Å²) in [5, 5.41) is 8.24. The normalized spacial score (nSPS) is 11.2. The van der Waals surface area contributed by atoms with Crippen LogP contribution in [-0.2, 0) is 6.54 Å². The van der Waals surface area contributed by atoms with Crippen LogP contribution in [-0.4, -0.2) is 25.1 Å². The van der Waals surface area contributed by atoms with Crippen LogP contribution in [0.4, 0.5) is 5.69 Å². The first-order chi connectivity index (χ1) is 15.5. The van der Waals surface area contributed by atoms with E-state index in [9.17, 15) is 9.59 Å². The van der Waals surface area contributed by atoms with E-state index in [0.717, 1.165) is 22.5 Å². The number of anilines is 1. The summed E-state index contributed by atoms with van der Waals surface area (Å²) in [5.74, 6) is -0.369. The molecule has 2 aromatic carbocycles. The van der Waals surface area contributed by atoms with Gasteiger partial charge in [-0.05, 0) is 43.7 Å². The second-order valence-corrected chi connectivity index (χ2v) is 7.60. The fraction of sp³-hybridized carbons (Fsp3) is 0.120. The molecule has 1 amide bonds. The molecule has 0 aliphatic rings. The molecule has 158 valence electrons. The Hall–Kier alpha value is -4.26. The average Bonchev–Trinajstić information content (AvgIpc) is 3.26. The number of hydrogen-bond donors (Lipinski definition) is 1. The molecule has 0 saturated carbocycles. The van der Waals surface area contributed by atoms with Gasteiger partial charge in [-0.3, -0.25) is 9.59 Å². The molecule has 0 saturated heterocycles. The van der Waals surface area contributed by atoms with Gasteiger partial charge in [-0.15, -0.1) is 0 Å². The zero-order valence-electron chi connectivity index (χ0n) is 17.7. The third-order valence-electron chi connectivity index (χ3n) is 5.48. The molecule has 0 fully saturated rings. The Morgan fingerprint density at radius 2 is 1.84 bits per heavy atom. The minimum absolute atomic E-state index is 0.205. The highest BCUT2D eigenvalue weighted by molar-refractivity contribution is 6.11. The number of carbonyl (C=O) groups excluding carboxylic acids is 1. The molecule has 0 atom stereocenters. The summed E-state index contributed by atoms with van der Waals surface area (Å²) >= 11 is 0. The predicted octanol–water partition coefficient (Wildman–Crippen LogP) is 4.29. The Morgan fingerprint density at radius 1 is 1.03 bits per heavy atom. The van der Waals surface area contributed by atoms with Crippen molar-refractivity contribution < 1.29 is 4.79 Å². The monoisotopic (exact) mass is 423 g/mol. The van der Waals surface area contributed by atoms with E-state index in [4.69, 9.17) is 4.98 Å². The highest BCUT2D eigenvalue weighted by Gasteiger charge is 2.17. The third kappa shape index (κ3) is 3.33. The van der Waals surface area contributed by atoms with Crippen LogP contribution in [0.15, 0.2) is 77.9 Å². The number of imidazole rings is 1. The number of benzene rings is 2. The maximum atomic E-state index is 13.1. The first kappa shape index (κ1) is 19.7. The molecular formula is C25H21N5O2. The van der Waals surface area contributed by atoms with Crippen LogP contribution in [0.25, 0.3) is 27.7 Å². The number of fused-ring (bicyclic) bond motifs is 2. The molecule has 5 rings (SSSR count). The molecule has 5 aromatic rings. The highest BCUT2D eigenvalue weighted by Crippen LogP contribution is 2.24. The van der Waals surface area contributed by atoms with E-state index >= 15 is 0 Å². The summed E-state index contributed by atoms with van der Waals surface area (Å²) < 4.78 is 3.30. The lowest BCUT2D eigenvalue weighted by molar-refractivity contribution is 0.102.